The Hall–Kier alpha value is -1.39. The summed E-state index contributed by atoms with van der Waals surface area (Å²) in [6, 6.07) is 0.235. The zero-order valence-corrected chi connectivity index (χ0v) is 7.80. The number of hydrogen-bond acceptors (Lipinski definition) is 3. The number of aromatic nitrogens is 2. The van der Waals surface area contributed by atoms with E-state index in [0.29, 0.717) is 0 Å². The van der Waals surface area contributed by atoms with Crippen molar-refractivity contribution >= 4 is 5.69 Å². The first-order valence-corrected chi connectivity index (χ1v) is 4.33. The summed E-state index contributed by atoms with van der Waals surface area (Å²) in [5.74, 6) is 0. The molecule has 5 heteroatoms. The van der Waals surface area contributed by atoms with Crippen molar-refractivity contribution in [2.24, 2.45) is 0 Å². The van der Waals surface area contributed by atoms with E-state index in [4.69, 9.17) is 0 Å². The smallest absolute Gasteiger partial charge is 0.263 e. The second-order valence-electron chi connectivity index (χ2n) is 3.07. The molecule has 0 radical (unpaired) electrons. The Kier molecular flexibility index (Phi) is 3.00. The van der Waals surface area contributed by atoms with Gasteiger partial charge in [0.05, 0.1) is 4.92 Å². The van der Waals surface area contributed by atoms with E-state index in [9.17, 15) is 10.1 Å². The lowest BCUT2D eigenvalue weighted by molar-refractivity contribution is -0.385. The molecule has 5 nitrogen and oxygen atoms in total. The summed E-state index contributed by atoms with van der Waals surface area (Å²) in [6.45, 7) is 4.08. The molecule has 13 heavy (non-hydrogen) atoms. The quantitative estimate of drug-likeness (QED) is 0.530. The van der Waals surface area contributed by atoms with E-state index in [2.05, 4.69) is 12.0 Å². The van der Waals surface area contributed by atoms with Crippen molar-refractivity contribution in [1.82, 2.24) is 9.78 Å². The summed E-state index contributed by atoms with van der Waals surface area (Å²) in [7, 11) is 0. The number of rotatable bonds is 4. The van der Waals surface area contributed by atoms with Crippen molar-refractivity contribution in [3.63, 3.8) is 0 Å². The zero-order valence-electron chi connectivity index (χ0n) is 7.80. The Bertz CT molecular complexity index is 295. The standard InChI is InChI=1S/C8H13N3O2/c1-3-4-7(2)10-6-8(5-9-10)11(12)13/h5-7H,3-4H2,1-2H3/t7-/m0/s1. The van der Waals surface area contributed by atoms with Crippen molar-refractivity contribution in [2.75, 3.05) is 0 Å². The highest BCUT2D eigenvalue weighted by Gasteiger charge is 2.11. The first-order valence-electron chi connectivity index (χ1n) is 4.33. The van der Waals surface area contributed by atoms with E-state index in [0.717, 1.165) is 12.8 Å². The Morgan fingerprint density at radius 2 is 2.46 bits per heavy atom. The summed E-state index contributed by atoms with van der Waals surface area (Å²) < 4.78 is 1.64. The van der Waals surface area contributed by atoms with Crippen LogP contribution in [0.5, 0.6) is 0 Å². The molecule has 0 aromatic carbocycles. The number of nitrogens with zero attached hydrogens (tertiary/aromatic N) is 3. The molecular weight excluding hydrogens is 170 g/mol. The van der Waals surface area contributed by atoms with Gasteiger partial charge < -0.3 is 0 Å². The zero-order chi connectivity index (χ0) is 9.84. The highest BCUT2D eigenvalue weighted by Crippen LogP contribution is 2.15. The summed E-state index contributed by atoms with van der Waals surface area (Å²) in [5, 5.41) is 14.3. The average Bonchev–Trinajstić information content (AvgIpc) is 2.52. The molecule has 1 heterocycles. The summed E-state index contributed by atoms with van der Waals surface area (Å²) in [5.41, 5.74) is 0.0583. The molecular formula is C8H13N3O2. The Morgan fingerprint density at radius 1 is 1.77 bits per heavy atom. The summed E-state index contributed by atoms with van der Waals surface area (Å²) in [6.07, 6.45) is 4.79. The van der Waals surface area contributed by atoms with E-state index in [-0.39, 0.29) is 11.7 Å². The molecule has 0 bridgehead atoms. The van der Waals surface area contributed by atoms with Crippen molar-refractivity contribution in [3.8, 4) is 0 Å². The van der Waals surface area contributed by atoms with Gasteiger partial charge in [0, 0.05) is 6.04 Å². The highest BCUT2D eigenvalue weighted by molar-refractivity contribution is 5.20. The second kappa shape index (κ2) is 4.02. The van der Waals surface area contributed by atoms with Crippen LogP contribution in [-0.2, 0) is 0 Å². The molecule has 0 saturated carbocycles. The van der Waals surface area contributed by atoms with Crippen LogP contribution in [0.1, 0.15) is 32.7 Å². The first kappa shape index (κ1) is 9.70. The average molecular weight is 183 g/mol. The molecule has 1 aromatic heterocycles. The van der Waals surface area contributed by atoms with Crippen LogP contribution in [0.3, 0.4) is 0 Å². The van der Waals surface area contributed by atoms with Crippen molar-refractivity contribution < 1.29 is 4.92 Å². The van der Waals surface area contributed by atoms with Crippen molar-refractivity contribution in [1.29, 1.82) is 0 Å². The van der Waals surface area contributed by atoms with Gasteiger partial charge in [-0.25, -0.2) is 0 Å². The molecule has 0 aliphatic rings. The number of hydrogen-bond donors (Lipinski definition) is 0. The van der Waals surface area contributed by atoms with Gasteiger partial charge in [-0.1, -0.05) is 13.3 Å². The molecule has 0 fully saturated rings. The van der Waals surface area contributed by atoms with E-state index in [1.807, 2.05) is 6.92 Å². The molecule has 72 valence electrons. The van der Waals surface area contributed by atoms with Gasteiger partial charge >= 0.3 is 5.69 Å². The molecule has 0 amide bonds. The lowest BCUT2D eigenvalue weighted by atomic mass is 10.2. The Morgan fingerprint density at radius 3 is 2.92 bits per heavy atom. The summed E-state index contributed by atoms with van der Waals surface area (Å²) in [4.78, 5) is 9.92. The van der Waals surface area contributed by atoms with Crippen LogP contribution in [0, 0.1) is 10.1 Å². The minimum absolute atomic E-state index is 0.0583. The predicted octanol–water partition coefficient (Wildman–Crippen LogP) is 2.15. The van der Waals surface area contributed by atoms with E-state index in [1.165, 1.54) is 12.4 Å². The third-order valence-corrected chi connectivity index (χ3v) is 1.96. The van der Waals surface area contributed by atoms with Crippen LogP contribution in [-0.4, -0.2) is 14.7 Å². The fourth-order valence-electron chi connectivity index (χ4n) is 1.21. The summed E-state index contributed by atoms with van der Waals surface area (Å²) >= 11 is 0. The SMILES string of the molecule is CCC[C@H](C)n1cc([N+](=O)[O-])cn1. The van der Waals surface area contributed by atoms with E-state index >= 15 is 0 Å². The van der Waals surface area contributed by atoms with Gasteiger partial charge in [-0.15, -0.1) is 0 Å². The van der Waals surface area contributed by atoms with E-state index in [1.54, 1.807) is 4.68 Å². The normalized spacial score (nSPS) is 12.8. The van der Waals surface area contributed by atoms with Crippen molar-refractivity contribution in [2.45, 2.75) is 32.7 Å². The third-order valence-electron chi connectivity index (χ3n) is 1.96. The largest absolute Gasteiger partial charge is 0.307 e. The van der Waals surface area contributed by atoms with Crippen LogP contribution in [0.4, 0.5) is 5.69 Å². The van der Waals surface area contributed by atoms with Gasteiger partial charge in [-0.05, 0) is 13.3 Å². The fourth-order valence-corrected chi connectivity index (χ4v) is 1.21. The molecule has 0 saturated heterocycles. The topological polar surface area (TPSA) is 61.0 Å². The molecule has 0 aliphatic heterocycles. The molecule has 0 unspecified atom stereocenters. The van der Waals surface area contributed by atoms with Crippen LogP contribution in [0.2, 0.25) is 0 Å². The minimum Gasteiger partial charge on any atom is -0.263 e. The van der Waals surface area contributed by atoms with Crippen LogP contribution in [0.25, 0.3) is 0 Å². The third kappa shape index (κ3) is 2.27. The van der Waals surface area contributed by atoms with Crippen LogP contribution in [0.15, 0.2) is 12.4 Å². The molecule has 1 atom stereocenters. The van der Waals surface area contributed by atoms with Gasteiger partial charge in [0.1, 0.15) is 12.4 Å². The van der Waals surface area contributed by atoms with Gasteiger partial charge in [-0.2, -0.15) is 5.10 Å². The van der Waals surface area contributed by atoms with Crippen LogP contribution < -0.4 is 0 Å². The second-order valence-corrected chi connectivity index (χ2v) is 3.07. The van der Waals surface area contributed by atoms with Gasteiger partial charge in [0.2, 0.25) is 0 Å². The van der Waals surface area contributed by atoms with Crippen LogP contribution >= 0.6 is 0 Å². The first-order chi connectivity index (χ1) is 6.15. The molecule has 0 aliphatic carbocycles. The molecule has 0 N–H and O–H groups in total. The molecule has 0 spiro atoms. The van der Waals surface area contributed by atoms with Gasteiger partial charge in [-0.3, -0.25) is 14.8 Å². The fraction of sp³-hybridized carbons (Fsp3) is 0.625. The highest BCUT2D eigenvalue weighted by atomic mass is 16.6. The minimum atomic E-state index is -0.428. The lowest BCUT2D eigenvalue weighted by Gasteiger charge is -2.08. The van der Waals surface area contributed by atoms with Gasteiger partial charge in [0.15, 0.2) is 0 Å². The molecule has 1 aromatic rings. The monoisotopic (exact) mass is 183 g/mol. The maximum absolute atomic E-state index is 10.3. The Balaban J connectivity index is 2.73. The van der Waals surface area contributed by atoms with Gasteiger partial charge in [0.25, 0.3) is 0 Å². The number of nitro groups is 1. The maximum atomic E-state index is 10.3. The van der Waals surface area contributed by atoms with Crippen molar-refractivity contribution in [3.05, 3.63) is 22.5 Å². The molecule has 1 rings (SSSR count). The maximum Gasteiger partial charge on any atom is 0.307 e. The predicted molar refractivity (Wildman–Crippen MR) is 48.5 cm³/mol. The lowest BCUT2D eigenvalue weighted by Crippen LogP contribution is -2.04. The van der Waals surface area contributed by atoms with E-state index < -0.39 is 4.92 Å². The Labute approximate surface area is 76.5 Å².